The van der Waals surface area contributed by atoms with Crippen LogP contribution in [0.25, 0.3) is 0 Å². The number of unbranched alkanes of at least 4 members (excludes halogenated alkanes) is 2. The molecule has 1 aromatic rings. The lowest BCUT2D eigenvalue weighted by molar-refractivity contribution is 0.0596. The monoisotopic (exact) mass is 358 g/mol. The minimum absolute atomic E-state index is 0.113. The number of esters is 1. The minimum atomic E-state index is -0.438. The molecule has 3 heteroatoms. The number of ether oxygens (including phenoxy) is 1. The Kier molecular flexibility index (Phi) is 9.79. The second-order valence-corrected chi connectivity index (χ2v) is 6.91. The number of benzene rings is 1. The van der Waals surface area contributed by atoms with Crippen molar-refractivity contribution in [2.75, 3.05) is 7.11 Å². The van der Waals surface area contributed by atoms with Gasteiger partial charge in [-0.1, -0.05) is 49.6 Å². The average molecular weight is 359 g/mol. The van der Waals surface area contributed by atoms with E-state index in [1.165, 1.54) is 12.7 Å². The fourth-order valence-corrected chi connectivity index (χ4v) is 3.41. The number of allylic oxidation sites excluding steroid dienone is 3. The topological polar surface area (TPSA) is 46.5 Å². The van der Waals surface area contributed by atoms with E-state index in [1.807, 2.05) is 19.1 Å². The number of phenolic OH excluding ortho intramolecular Hbond substituents is 1. The van der Waals surface area contributed by atoms with Crippen LogP contribution in [0.5, 0.6) is 5.75 Å². The van der Waals surface area contributed by atoms with Crippen molar-refractivity contribution >= 4 is 5.97 Å². The Bertz CT molecular complexity index is 629. The number of aryl methyl sites for hydroxylation is 1. The Balaban J connectivity index is 0.00000105. The third kappa shape index (κ3) is 6.05. The van der Waals surface area contributed by atoms with Crippen LogP contribution in [-0.4, -0.2) is 18.2 Å². The highest BCUT2D eigenvalue weighted by atomic mass is 16.5. The van der Waals surface area contributed by atoms with Crippen LogP contribution in [-0.2, 0) is 11.2 Å². The van der Waals surface area contributed by atoms with Gasteiger partial charge in [-0.25, -0.2) is 4.79 Å². The molecule has 0 aromatic heterocycles. The van der Waals surface area contributed by atoms with E-state index in [0.29, 0.717) is 5.56 Å². The van der Waals surface area contributed by atoms with E-state index in [-0.39, 0.29) is 11.7 Å². The van der Waals surface area contributed by atoms with E-state index in [0.717, 1.165) is 56.1 Å². The summed E-state index contributed by atoms with van der Waals surface area (Å²) in [6, 6.07) is 3.98. The molecule has 0 heterocycles. The SMILES string of the molecule is C=CC.CCCCCc1ccc(C2C=C(C)CCC2)c(O)c1C(=O)OC. The van der Waals surface area contributed by atoms with Crippen LogP contribution >= 0.6 is 0 Å². The van der Waals surface area contributed by atoms with Gasteiger partial charge in [0.2, 0.25) is 0 Å². The second kappa shape index (κ2) is 11.6. The maximum absolute atomic E-state index is 12.2. The summed E-state index contributed by atoms with van der Waals surface area (Å²) in [6.45, 7) is 9.53. The van der Waals surface area contributed by atoms with Gasteiger partial charge in [-0.05, 0) is 51.5 Å². The molecule has 144 valence electrons. The second-order valence-electron chi connectivity index (χ2n) is 6.91. The maximum atomic E-state index is 12.2. The van der Waals surface area contributed by atoms with Gasteiger partial charge in [-0.15, -0.1) is 6.58 Å². The quantitative estimate of drug-likeness (QED) is 0.368. The van der Waals surface area contributed by atoms with Crippen molar-refractivity contribution in [2.24, 2.45) is 0 Å². The van der Waals surface area contributed by atoms with E-state index in [2.05, 4.69) is 26.5 Å². The molecule has 0 aliphatic heterocycles. The molecule has 1 aliphatic rings. The number of rotatable bonds is 6. The summed E-state index contributed by atoms with van der Waals surface area (Å²) in [5.74, 6) is -0.133. The third-order valence-electron chi connectivity index (χ3n) is 4.71. The first kappa shape index (κ1) is 22.0. The Morgan fingerprint density at radius 3 is 2.65 bits per heavy atom. The summed E-state index contributed by atoms with van der Waals surface area (Å²) < 4.78 is 4.91. The molecule has 0 radical (unpaired) electrons. The van der Waals surface area contributed by atoms with E-state index < -0.39 is 5.97 Å². The van der Waals surface area contributed by atoms with E-state index in [1.54, 1.807) is 6.08 Å². The first-order valence-corrected chi connectivity index (χ1v) is 9.67. The molecule has 0 fully saturated rings. The number of phenols is 1. The third-order valence-corrected chi connectivity index (χ3v) is 4.71. The lowest BCUT2D eigenvalue weighted by Crippen LogP contribution is -2.10. The van der Waals surface area contributed by atoms with Crippen LogP contribution in [0.4, 0.5) is 0 Å². The number of methoxy groups -OCH3 is 1. The lowest BCUT2D eigenvalue weighted by Gasteiger charge is -2.22. The van der Waals surface area contributed by atoms with Gasteiger partial charge in [0.05, 0.1) is 7.11 Å². The number of carbonyl (C=O) groups excluding carboxylic acids is 1. The molecule has 1 unspecified atom stereocenters. The van der Waals surface area contributed by atoms with Crippen LogP contribution in [0.3, 0.4) is 0 Å². The van der Waals surface area contributed by atoms with Gasteiger partial charge < -0.3 is 9.84 Å². The zero-order valence-corrected chi connectivity index (χ0v) is 16.8. The van der Waals surface area contributed by atoms with E-state index in [4.69, 9.17) is 4.74 Å². The van der Waals surface area contributed by atoms with Crippen LogP contribution in [0, 0.1) is 0 Å². The summed E-state index contributed by atoms with van der Waals surface area (Å²) >= 11 is 0. The average Bonchev–Trinajstić information content (AvgIpc) is 2.62. The Morgan fingerprint density at radius 2 is 2.08 bits per heavy atom. The van der Waals surface area contributed by atoms with Gasteiger partial charge in [0.25, 0.3) is 0 Å². The summed E-state index contributed by atoms with van der Waals surface area (Å²) in [7, 11) is 1.37. The molecule has 1 N–H and O–H groups in total. The van der Waals surface area contributed by atoms with E-state index in [9.17, 15) is 9.90 Å². The molecule has 0 amide bonds. The number of aromatic hydroxyl groups is 1. The van der Waals surface area contributed by atoms with E-state index >= 15 is 0 Å². The summed E-state index contributed by atoms with van der Waals surface area (Å²) in [4.78, 5) is 12.2. The maximum Gasteiger partial charge on any atom is 0.341 e. The highest BCUT2D eigenvalue weighted by Crippen LogP contribution is 2.38. The van der Waals surface area contributed by atoms with Crippen molar-refractivity contribution in [3.63, 3.8) is 0 Å². The highest BCUT2D eigenvalue weighted by molar-refractivity contribution is 5.94. The first-order chi connectivity index (χ1) is 12.5. The van der Waals surface area contributed by atoms with Gasteiger partial charge in [-0.2, -0.15) is 0 Å². The summed E-state index contributed by atoms with van der Waals surface area (Å²) in [5.41, 5.74) is 3.46. The van der Waals surface area contributed by atoms with Crippen molar-refractivity contribution in [2.45, 2.75) is 71.6 Å². The molecule has 0 saturated carbocycles. The van der Waals surface area contributed by atoms with Gasteiger partial charge >= 0.3 is 5.97 Å². The number of hydrogen-bond acceptors (Lipinski definition) is 3. The Morgan fingerprint density at radius 1 is 1.38 bits per heavy atom. The molecule has 1 aromatic carbocycles. The Labute approximate surface area is 158 Å². The fraction of sp³-hybridized carbons (Fsp3) is 0.522. The fourth-order valence-electron chi connectivity index (χ4n) is 3.41. The van der Waals surface area contributed by atoms with Crippen LogP contribution in [0.15, 0.2) is 36.4 Å². The molecule has 0 saturated heterocycles. The van der Waals surface area contributed by atoms with Gasteiger partial charge in [0.15, 0.2) is 0 Å². The van der Waals surface area contributed by atoms with Crippen LogP contribution in [0.1, 0.15) is 86.7 Å². The molecule has 0 spiro atoms. The van der Waals surface area contributed by atoms with Crippen molar-refractivity contribution in [1.82, 2.24) is 0 Å². The normalized spacial score (nSPS) is 16.2. The molecular formula is C23H34O3. The zero-order valence-electron chi connectivity index (χ0n) is 16.8. The van der Waals surface area contributed by atoms with Crippen LogP contribution in [0.2, 0.25) is 0 Å². The van der Waals surface area contributed by atoms with Crippen molar-refractivity contribution in [3.8, 4) is 5.75 Å². The lowest BCUT2D eigenvalue weighted by atomic mass is 9.84. The predicted molar refractivity (Wildman–Crippen MR) is 109 cm³/mol. The zero-order chi connectivity index (χ0) is 19.5. The molecule has 1 atom stereocenters. The molecule has 0 bridgehead atoms. The molecule has 3 nitrogen and oxygen atoms in total. The summed E-state index contributed by atoms with van der Waals surface area (Å²) in [5, 5.41) is 10.7. The summed E-state index contributed by atoms with van der Waals surface area (Å²) in [6.07, 6.45) is 11.3. The molecule has 2 rings (SSSR count). The minimum Gasteiger partial charge on any atom is -0.507 e. The predicted octanol–water partition coefficient (Wildman–Crippen LogP) is 6.32. The smallest absolute Gasteiger partial charge is 0.341 e. The largest absolute Gasteiger partial charge is 0.507 e. The first-order valence-electron chi connectivity index (χ1n) is 9.67. The molecular weight excluding hydrogens is 324 g/mol. The van der Waals surface area contributed by atoms with Crippen molar-refractivity contribution in [1.29, 1.82) is 0 Å². The van der Waals surface area contributed by atoms with Gasteiger partial charge in [-0.3, -0.25) is 0 Å². The number of hydrogen-bond donors (Lipinski definition) is 1. The van der Waals surface area contributed by atoms with Gasteiger partial charge in [0, 0.05) is 11.5 Å². The van der Waals surface area contributed by atoms with Crippen molar-refractivity contribution in [3.05, 3.63) is 53.1 Å². The number of carbonyl (C=O) groups is 1. The molecule has 1 aliphatic carbocycles. The standard InChI is InChI=1S/C20H28O3.C3H6/c1-4-5-6-9-15-11-12-17(16-10-7-8-14(2)13-16)19(21)18(15)20(22)23-3;1-3-2/h11-13,16,21H,4-10H2,1-3H3;3H,1H2,2H3. The van der Waals surface area contributed by atoms with Crippen LogP contribution < -0.4 is 0 Å². The highest BCUT2D eigenvalue weighted by Gasteiger charge is 2.24. The molecule has 26 heavy (non-hydrogen) atoms. The van der Waals surface area contributed by atoms with Gasteiger partial charge in [0.1, 0.15) is 11.3 Å². The van der Waals surface area contributed by atoms with Crippen molar-refractivity contribution < 1.29 is 14.6 Å². The Hall–Kier alpha value is -2.03.